The second-order valence-corrected chi connectivity index (χ2v) is 7.61. The molecule has 0 aliphatic carbocycles. The predicted octanol–water partition coefficient (Wildman–Crippen LogP) is 0.414. The number of likely N-dealkylation sites (N-methyl/N-ethyl adjacent to an activating group) is 1. The van der Waals surface area contributed by atoms with Gasteiger partial charge in [0, 0.05) is 25.7 Å². The fraction of sp³-hybridized carbons (Fsp3) is 1.00. The van der Waals surface area contributed by atoms with Crippen LogP contribution in [0.1, 0.15) is 33.6 Å². The summed E-state index contributed by atoms with van der Waals surface area (Å²) in [5.74, 6) is 0. The molecule has 0 aromatic heterocycles. The smallest absolute Gasteiger partial charge is 0.279 e. The lowest BCUT2D eigenvalue weighted by Crippen LogP contribution is -2.53. The molecule has 118 valence electrons. The first-order valence-electron chi connectivity index (χ1n) is 7.56. The van der Waals surface area contributed by atoms with Gasteiger partial charge < -0.3 is 4.74 Å². The molecule has 6 nitrogen and oxygen atoms in total. The minimum atomic E-state index is -3.39. The summed E-state index contributed by atoms with van der Waals surface area (Å²) in [6.45, 7) is 9.38. The lowest BCUT2D eigenvalue weighted by molar-refractivity contribution is -0.0444. The molecule has 2 rings (SSSR count). The predicted molar refractivity (Wildman–Crippen MR) is 78.8 cm³/mol. The van der Waals surface area contributed by atoms with E-state index in [2.05, 4.69) is 16.5 Å². The van der Waals surface area contributed by atoms with E-state index in [9.17, 15) is 8.42 Å². The standard InChI is InChI=1S/C13H27N3O3S/c1-4-15-7-5-6-13(15)8-14-20(17,18)16-9-11(2)19-12(3)10-16/h11-14H,4-10H2,1-3H3/t11-,12+,13-/m1/s1. The molecule has 20 heavy (non-hydrogen) atoms. The number of ether oxygens (including phenoxy) is 1. The van der Waals surface area contributed by atoms with Crippen molar-refractivity contribution in [2.24, 2.45) is 0 Å². The van der Waals surface area contributed by atoms with Crippen molar-refractivity contribution in [3.8, 4) is 0 Å². The van der Waals surface area contributed by atoms with Crippen LogP contribution in [0.15, 0.2) is 0 Å². The quantitative estimate of drug-likeness (QED) is 0.799. The van der Waals surface area contributed by atoms with Gasteiger partial charge in [-0.1, -0.05) is 6.92 Å². The van der Waals surface area contributed by atoms with Crippen LogP contribution in [0.2, 0.25) is 0 Å². The summed E-state index contributed by atoms with van der Waals surface area (Å²) in [6, 6.07) is 0.339. The SMILES string of the molecule is CCN1CCC[C@@H]1CNS(=O)(=O)N1C[C@@H](C)O[C@@H](C)C1. The molecule has 2 aliphatic rings. The summed E-state index contributed by atoms with van der Waals surface area (Å²) in [6.07, 6.45) is 2.14. The maximum absolute atomic E-state index is 12.4. The van der Waals surface area contributed by atoms with Crippen molar-refractivity contribution >= 4 is 10.2 Å². The largest absolute Gasteiger partial charge is 0.373 e. The topological polar surface area (TPSA) is 61.9 Å². The van der Waals surface area contributed by atoms with Crippen molar-refractivity contribution in [3.63, 3.8) is 0 Å². The Morgan fingerprint density at radius 3 is 2.50 bits per heavy atom. The zero-order valence-electron chi connectivity index (χ0n) is 12.7. The number of rotatable bonds is 5. The van der Waals surface area contributed by atoms with Crippen LogP contribution in [0.25, 0.3) is 0 Å². The third-order valence-corrected chi connectivity index (χ3v) is 5.64. The highest BCUT2D eigenvalue weighted by Crippen LogP contribution is 2.17. The van der Waals surface area contributed by atoms with Gasteiger partial charge in [0.05, 0.1) is 12.2 Å². The molecular formula is C13H27N3O3S. The molecule has 0 spiro atoms. The van der Waals surface area contributed by atoms with Crippen LogP contribution in [0.5, 0.6) is 0 Å². The average molecular weight is 305 g/mol. The Kier molecular flexibility index (Phi) is 5.42. The van der Waals surface area contributed by atoms with Gasteiger partial charge in [0.25, 0.3) is 10.2 Å². The summed E-state index contributed by atoms with van der Waals surface area (Å²) in [7, 11) is -3.39. The van der Waals surface area contributed by atoms with Crippen LogP contribution in [-0.2, 0) is 14.9 Å². The van der Waals surface area contributed by atoms with Gasteiger partial charge in [0.1, 0.15) is 0 Å². The zero-order chi connectivity index (χ0) is 14.8. The van der Waals surface area contributed by atoms with Crippen molar-refractivity contribution in [2.45, 2.75) is 51.9 Å². The Morgan fingerprint density at radius 2 is 1.90 bits per heavy atom. The van der Waals surface area contributed by atoms with E-state index >= 15 is 0 Å². The van der Waals surface area contributed by atoms with Crippen molar-refractivity contribution < 1.29 is 13.2 Å². The Morgan fingerprint density at radius 1 is 1.25 bits per heavy atom. The lowest BCUT2D eigenvalue weighted by Gasteiger charge is -2.34. The van der Waals surface area contributed by atoms with Gasteiger partial charge in [0.15, 0.2) is 0 Å². The molecule has 7 heteroatoms. The Labute approximate surface area is 122 Å². The highest BCUT2D eigenvalue weighted by atomic mass is 32.2. The maximum Gasteiger partial charge on any atom is 0.279 e. The minimum Gasteiger partial charge on any atom is -0.373 e. The van der Waals surface area contributed by atoms with E-state index in [-0.39, 0.29) is 12.2 Å². The number of hydrogen-bond donors (Lipinski definition) is 1. The first-order valence-corrected chi connectivity index (χ1v) is 9.00. The monoisotopic (exact) mass is 305 g/mol. The van der Waals surface area contributed by atoms with Crippen LogP contribution >= 0.6 is 0 Å². The van der Waals surface area contributed by atoms with E-state index in [0.29, 0.717) is 25.7 Å². The number of hydrogen-bond acceptors (Lipinski definition) is 4. The minimum absolute atomic E-state index is 0.0473. The molecule has 2 saturated heterocycles. The molecular weight excluding hydrogens is 278 g/mol. The third-order valence-electron chi connectivity index (χ3n) is 4.13. The molecule has 1 N–H and O–H groups in total. The van der Waals surface area contributed by atoms with Crippen LogP contribution in [0.3, 0.4) is 0 Å². The van der Waals surface area contributed by atoms with E-state index in [1.54, 1.807) is 0 Å². The molecule has 0 aromatic rings. The third kappa shape index (κ3) is 3.92. The van der Waals surface area contributed by atoms with E-state index < -0.39 is 10.2 Å². The molecule has 2 fully saturated rings. The van der Waals surface area contributed by atoms with E-state index in [1.165, 1.54) is 4.31 Å². The van der Waals surface area contributed by atoms with Crippen LogP contribution < -0.4 is 4.72 Å². The van der Waals surface area contributed by atoms with Crippen molar-refractivity contribution in [2.75, 3.05) is 32.7 Å². The van der Waals surface area contributed by atoms with E-state index in [4.69, 9.17) is 4.74 Å². The van der Waals surface area contributed by atoms with E-state index in [0.717, 1.165) is 25.9 Å². The highest BCUT2D eigenvalue weighted by Gasteiger charge is 2.32. The molecule has 2 heterocycles. The van der Waals surface area contributed by atoms with Gasteiger partial charge in [-0.2, -0.15) is 12.7 Å². The lowest BCUT2D eigenvalue weighted by atomic mass is 10.2. The summed E-state index contributed by atoms with van der Waals surface area (Å²) in [4.78, 5) is 2.34. The second-order valence-electron chi connectivity index (χ2n) is 5.85. The molecule has 2 aliphatic heterocycles. The van der Waals surface area contributed by atoms with Gasteiger partial charge >= 0.3 is 0 Å². The Hall–Kier alpha value is -0.210. The summed E-state index contributed by atoms with van der Waals surface area (Å²) >= 11 is 0. The Bertz CT molecular complexity index is 405. The van der Waals surface area contributed by atoms with Gasteiger partial charge in [-0.15, -0.1) is 0 Å². The summed E-state index contributed by atoms with van der Waals surface area (Å²) in [5, 5.41) is 0. The van der Waals surface area contributed by atoms with Crippen molar-refractivity contribution in [1.29, 1.82) is 0 Å². The fourth-order valence-corrected chi connectivity index (χ4v) is 4.56. The van der Waals surface area contributed by atoms with Gasteiger partial charge in [0.2, 0.25) is 0 Å². The van der Waals surface area contributed by atoms with Crippen molar-refractivity contribution in [1.82, 2.24) is 13.9 Å². The van der Waals surface area contributed by atoms with Crippen LogP contribution in [0.4, 0.5) is 0 Å². The first kappa shape index (κ1) is 16.2. The molecule has 3 atom stereocenters. The van der Waals surface area contributed by atoms with Crippen molar-refractivity contribution in [3.05, 3.63) is 0 Å². The van der Waals surface area contributed by atoms with Gasteiger partial charge in [-0.3, -0.25) is 4.90 Å². The molecule has 0 unspecified atom stereocenters. The maximum atomic E-state index is 12.4. The second kappa shape index (κ2) is 6.70. The molecule has 0 saturated carbocycles. The average Bonchev–Trinajstić information content (AvgIpc) is 2.82. The summed E-state index contributed by atoms with van der Waals surface area (Å²) in [5.41, 5.74) is 0. The Balaban J connectivity index is 1.90. The van der Waals surface area contributed by atoms with Gasteiger partial charge in [-0.25, -0.2) is 4.72 Å². The molecule has 0 amide bonds. The number of likely N-dealkylation sites (tertiary alicyclic amines) is 1. The number of morpholine rings is 1. The number of nitrogens with one attached hydrogen (secondary N) is 1. The fourth-order valence-electron chi connectivity index (χ4n) is 3.16. The molecule has 0 aromatic carbocycles. The van der Waals surface area contributed by atoms with Crippen LogP contribution in [0, 0.1) is 0 Å². The van der Waals surface area contributed by atoms with Crippen LogP contribution in [-0.4, -0.2) is 68.6 Å². The first-order chi connectivity index (χ1) is 9.42. The normalized spacial score (nSPS) is 33.6. The molecule has 0 radical (unpaired) electrons. The number of nitrogens with zero attached hydrogens (tertiary/aromatic N) is 2. The van der Waals surface area contributed by atoms with Gasteiger partial charge in [-0.05, 0) is 39.8 Å². The van der Waals surface area contributed by atoms with E-state index in [1.807, 2.05) is 13.8 Å². The summed E-state index contributed by atoms with van der Waals surface area (Å²) < 4.78 is 34.6. The highest BCUT2D eigenvalue weighted by molar-refractivity contribution is 7.87. The zero-order valence-corrected chi connectivity index (χ0v) is 13.5. The molecule has 0 bridgehead atoms.